The summed E-state index contributed by atoms with van der Waals surface area (Å²) in [5.41, 5.74) is 2.32. The van der Waals surface area contributed by atoms with E-state index in [0.29, 0.717) is 22.5 Å². The van der Waals surface area contributed by atoms with E-state index in [4.69, 9.17) is 9.16 Å². The van der Waals surface area contributed by atoms with Crippen molar-refractivity contribution in [1.82, 2.24) is 0 Å². The Kier molecular flexibility index (Phi) is 6.80. The van der Waals surface area contributed by atoms with Crippen LogP contribution in [0.4, 0.5) is 5.69 Å². The van der Waals surface area contributed by atoms with Crippen molar-refractivity contribution in [3.63, 3.8) is 0 Å². The van der Waals surface area contributed by atoms with Gasteiger partial charge in [0.2, 0.25) is 8.32 Å². The molecule has 27 heavy (non-hydrogen) atoms. The molecule has 0 aliphatic carbocycles. The van der Waals surface area contributed by atoms with Crippen LogP contribution in [0.15, 0.2) is 24.3 Å². The van der Waals surface area contributed by atoms with Gasteiger partial charge >= 0.3 is 0 Å². The van der Waals surface area contributed by atoms with E-state index in [2.05, 4.69) is 55.4 Å². The summed E-state index contributed by atoms with van der Waals surface area (Å²) in [7, 11) is -0.451. The number of ether oxygens (including phenoxy) is 1. The normalized spacial score (nSPS) is 20.8. The maximum Gasteiger partial charge on any atom is 0.257 e. The maximum atomic E-state index is 13.2. The first-order valence-corrected chi connectivity index (χ1v) is 12.4. The first-order valence-electron chi connectivity index (χ1n) is 10.2. The van der Waals surface area contributed by atoms with Crippen molar-refractivity contribution in [3.8, 4) is 5.75 Å². The lowest BCUT2D eigenvalue weighted by molar-refractivity contribution is -0.137. The molecule has 0 spiro atoms. The van der Waals surface area contributed by atoms with Gasteiger partial charge in [-0.3, -0.25) is 4.79 Å². The van der Waals surface area contributed by atoms with Crippen molar-refractivity contribution >= 4 is 19.9 Å². The lowest BCUT2D eigenvalue weighted by Gasteiger charge is -2.54. The Labute approximate surface area is 166 Å². The quantitative estimate of drug-likeness (QED) is 0.426. The molecular weight excluding hydrogens is 354 g/mol. The third-order valence-electron chi connectivity index (χ3n) is 6.16. The molecule has 1 aromatic rings. The molecule has 2 unspecified atom stereocenters. The Bertz CT molecular complexity index is 618. The Morgan fingerprint density at radius 2 is 1.37 bits per heavy atom. The minimum absolute atomic E-state index is 0.0778. The van der Waals surface area contributed by atoms with E-state index in [-0.39, 0.29) is 18.1 Å². The molecule has 0 bridgehead atoms. The minimum atomic E-state index is -2.10. The van der Waals surface area contributed by atoms with Gasteiger partial charge in [-0.05, 0) is 46.8 Å². The smallest absolute Gasteiger partial charge is 0.257 e. The van der Waals surface area contributed by atoms with Crippen LogP contribution in [0, 0.1) is 5.92 Å². The second-order valence-electron chi connectivity index (χ2n) is 9.00. The van der Waals surface area contributed by atoms with E-state index in [0.717, 1.165) is 11.4 Å². The highest BCUT2D eigenvalue weighted by molar-refractivity contribution is 6.77. The standard InChI is InChI=1S/C22H37NO3Si/c1-14(2)20-21(26-27(15(3)4,16(5)6)17(7)8)22(24)23(20)18-10-12-19(25-9)13-11-18/h10-17,20-21H,1-9H3. The summed E-state index contributed by atoms with van der Waals surface area (Å²) in [6, 6.07) is 7.81. The lowest BCUT2D eigenvalue weighted by atomic mass is 9.87. The zero-order chi connectivity index (χ0) is 20.5. The van der Waals surface area contributed by atoms with Crippen LogP contribution >= 0.6 is 0 Å². The molecule has 1 aliphatic heterocycles. The molecule has 5 heteroatoms. The van der Waals surface area contributed by atoms with E-state index in [9.17, 15) is 4.79 Å². The van der Waals surface area contributed by atoms with Gasteiger partial charge in [-0.25, -0.2) is 0 Å². The van der Waals surface area contributed by atoms with Crippen LogP contribution in [-0.4, -0.2) is 33.5 Å². The molecule has 2 rings (SSSR count). The van der Waals surface area contributed by atoms with Crippen LogP contribution in [-0.2, 0) is 9.22 Å². The number of carbonyl (C=O) groups is 1. The van der Waals surface area contributed by atoms with Gasteiger partial charge in [-0.2, -0.15) is 0 Å². The molecule has 1 fully saturated rings. The minimum Gasteiger partial charge on any atom is -0.497 e. The average molecular weight is 392 g/mol. The highest BCUT2D eigenvalue weighted by Gasteiger charge is 2.56. The molecule has 0 saturated carbocycles. The first-order chi connectivity index (χ1) is 12.6. The Morgan fingerprint density at radius 1 is 0.889 bits per heavy atom. The number of carbonyl (C=O) groups excluding carboxylic acids is 1. The molecule has 1 amide bonds. The topological polar surface area (TPSA) is 38.8 Å². The van der Waals surface area contributed by atoms with E-state index >= 15 is 0 Å². The summed E-state index contributed by atoms with van der Waals surface area (Å²) in [5.74, 6) is 1.22. The van der Waals surface area contributed by atoms with Gasteiger partial charge in [0.25, 0.3) is 5.91 Å². The first kappa shape index (κ1) is 22.0. The van der Waals surface area contributed by atoms with E-state index in [1.807, 2.05) is 29.2 Å². The summed E-state index contributed by atoms with van der Waals surface area (Å²) in [6.07, 6.45) is -0.328. The number of β-lactam (4-membered cyclic amide) rings is 1. The molecule has 1 aromatic carbocycles. The number of nitrogens with zero attached hydrogens (tertiary/aromatic N) is 1. The van der Waals surface area contributed by atoms with Crippen molar-refractivity contribution < 1.29 is 14.0 Å². The van der Waals surface area contributed by atoms with Crippen LogP contribution in [0.1, 0.15) is 55.4 Å². The van der Waals surface area contributed by atoms with Gasteiger partial charge < -0.3 is 14.1 Å². The summed E-state index contributed by atoms with van der Waals surface area (Å²) in [5, 5.41) is 0. The van der Waals surface area contributed by atoms with Gasteiger partial charge in [-0.1, -0.05) is 55.4 Å². The zero-order valence-corrected chi connectivity index (χ0v) is 19.4. The maximum absolute atomic E-state index is 13.2. The molecule has 152 valence electrons. The van der Waals surface area contributed by atoms with Gasteiger partial charge in [0.15, 0.2) is 0 Å². The number of benzene rings is 1. The number of amides is 1. The Balaban J connectivity index is 2.33. The van der Waals surface area contributed by atoms with E-state index in [1.165, 1.54) is 0 Å². The highest BCUT2D eigenvalue weighted by Crippen LogP contribution is 2.46. The molecule has 0 N–H and O–H groups in total. The molecule has 1 heterocycles. The van der Waals surface area contributed by atoms with Crippen molar-refractivity contribution in [1.29, 1.82) is 0 Å². The fraction of sp³-hybridized carbons (Fsp3) is 0.682. The van der Waals surface area contributed by atoms with Crippen LogP contribution in [0.5, 0.6) is 5.75 Å². The molecule has 0 radical (unpaired) electrons. The molecular formula is C22H37NO3Si. The van der Waals surface area contributed by atoms with Gasteiger partial charge in [0.05, 0.1) is 13.2 Å². The molecule has 2 atom stereocenters. The van der Waals surface area contributed by atoms with Crippen LogP contribution in [0.25, 0.3) is 0 Å². The van der Waals surface area contributed by atoms with E-state index < -0.39 is 8.32 Å². The monoisotopic (exact) mass is 391 g/mol. The van der Waals surface area contributed by atoms with Crippen LogP contribution in [0.2, 0.25) is 16.6 Å². The predicted molar refractivity (Wildman–Crippen MR) is 115 cm³/mol. The predicted octanol–water partition coefficient (Wildman–Crippen LogP) is 5.63. The second kappa shape index (κ2) is 8.35. The van der Waals surface area contributed by atoms with Crippen molar-refractivity contribution in [3.05, 3.63) is 24.3 Å². The second-order valence-corrected chi connectivity index (χ2v) is 14.4. The van der Waals surface area contributed by atoms with E-state index in [1.54, 1.807) is 7.11 Å². The van der Waals surface area contributed by atoms with Crippen LogP contribution < -0.4 is 9.64 Å². The van der Waals surface area contributed by atoms with Gasteiger partial charge in [-0.15, -0.1) is 0 Å². The fourth-order valence-electron chi connectivity index (χ4n) is 4.92. The largest absolute Gasteiger partial charge is 0.497 e. The Hall–Kier alpha value is -1.33. The Morgan fingerprint density at radius 3 is 1.74 bits per heavy atom. The molecule has 1 saturated heterocycles. The van der Waals surface area contributed by atoms with Gasteiger partial charge in [0, 0.05) is 5.69 Å². The third-order valence-corrected chi connectivity index (χ3v) is 12.2. The van der Waals surface area contributed by atoms with Gasteiger partial charge in [0.1, 0.15) is 11.9 Å². The van der Waals surface area contributed by atoms with Crippen LogP contribution in [0.3, 0.4) is 0 Å². The summed E-state index contributed by atoms with van der Waals surface area (Å²) in [4.78, 5) is 15.1. The third kappa shape index (κ3) is 3.81. The number of rotatable bonds is 8. The number of hydrogen-bond donors (Lipinski definition) is 0. The molecule has 4 nitrogen and oxygen atoms in total. The summed E-state index contributed by atoms with van der Waals surface area (Å²) >= 11 is 0. The molecule has 0 aromatic heterocycles. The van der Waals surface area contributed by atoms with Crippen molar-refractivity contribution in [2.24, 2.45) is 5.92 Å². The lowest BCUT2D eigenvalue weighted by Crippen LogP contribution is -2.71. The summed E-state index contributed by atoms with van der Waals surface area (Å²) < 4.78 is 12.1. The molecule has 1 aliphatic rings. The number of anilines is 1. The van der Waals surface area contributed by atoms with Crippen molar-refractivity contribution in [2.75, 3.05) is 12.0 Å². The highest BCUT2D eigenvalue weighted by atomic mass is 28.4. The number of methoxy groups -OCH3 is 1. The average Bonchev–Trinajstić information content (AvgIpc) is 2.59. The van der Waals surface area contributed by atoms with Crippen molar-refractivity contribution in [2.45, 2.75) is 84.2 Å². The summed E-state index contributed by atoms with van der Waals surface area (Å²) in [6.45, 7) is 17.9. The fourth-order valence-corrected chi connectivity index (χ4v) is 10.4. The SMILES string of the molecule is COc1ccc(N2C(=O)C(O[Si](C(C)C)(C(C)C)C(C)C)C2C(C)C)cc1. The number of hydrogen-bond acceptors (Lipinski definition) is 3. The zero-order valence-electron chi connectivity index (χ0n) is 18.4.